The van der Waals surface area contributed by atoms with Crippen LogP contribution >= 0.6 is 23.1 Å². The second-order valence-electron chi connectivity index (χ2n) is 6.80. The molecule has 0 radical (unpaired) electrons. The van der Waals surface area contributed by atoms with Gasteiger partial charge in [0.05, 0.1) is 11.6 Å². The van der Waals surface area contributed by atoms with E-state index in [-0.39, 0.29) is 12.5 Å². The van der Waals surface area contributed by atoms with Crippen molar-refractivity contribution in [1.82, 2.24) is 9.88 Å². The highest BCUT2D eigenvalue weighted by molar-refractivity contribution is 7.99. The number of thioether (sulfide) groups is 1. The maximum Gasteiger partial charge on any atom is 0.411 e. The minimum absolute atomic E-state index is 0.182. The SMILES string of the molecule is Cc1sc(NC(=O)[C@H]2CSCN2C(=O)OCc2ccccc2)nc1-c1ccccc1. The van der Waals surface area contributed by atoms with Gasteiger partial charge in [-0.15, -0.1) is 23.1 Å². The molecule has 1 saturated heterocycles. The molecule has 2 heterocycles. The van der Waals surface area contributed by atoms with Crippen molar-refractivity contribution in [3.8, 4) is 11.3 Å². The summed E-state index contributed by atoms with van der Waals surface area (Å²) in [5.41, 5.74) is 2.77. The molecule has 2 amide bonds. The van der Waals surface area contributed by atoms with Gasteiger partial charge in [-0.1, -0.05) is 60.7 Å². The van der Waals surface area contributed by atoms with Crippen LogP contribution in [0.4, 0.5) is 9.93 Å². The Labute approximate surface area is 183 Å². The van der Waals surface area contributed by atoms with Crippen molar-refractivity contribution in [2.45, 2.75) is 19.6 Å². The minimum Gasteiger partial charge on any atom is -0.445 e. The molecule has 8 heteroatoms. The van der Waals surface area contributed by atoms with Gasteiger partial charge in [0.1, 0.15) is 12.6 Å². The summed E-state index contributed by atoms with van der Waals surface area (Å²) >= 11 is 2.96. The molecule has 154 valence electrons. The van der Waals surface area contributed by atoms with E-state index in [0.717, 1.165) is 21.7 Å². The maximum absolute atomic E-state index is 12.9. The molecule has 1 aliphatic heterocycles. The van der Waals surface area contributed by atoms with Gasteiger partial charge in [0.15, 0.2) is 5.13 Å². The molecular weight excluding hydrogens is 418 g/mol. The third kappa shape index (κ3) is 4.66. The second-order valence-corrected chi connectivity index (χ2v) is 9.01. The third-order valence-electron chi connectivity index (χ3n) is 4.70. The van der Waals surface area contributed by atoms with E-state index < -0.39 is 12.1 Å². The summed E-state index contributed by atoms with van der Waals surface area (Å²) in [5.74, 6) is 0.713. The molecule has 1 fully saturated rings. The molecule has 30 heavy (non-hydrogen) atoms. The second kappa shape index (κ2) is 9.32. The van der Waals surface area contributed by atoms with Crippen LogP contribution in [0.3, 0.4) is 0 Å². The first-order valence-electron chi connectivity index (χ1n) is 9.50. The predicted molar refractivity (Wildman–Crippen MR) is 120 cm³/mol. The molecule has 2 aromatic carbocycles. The average Bonchev–Trinajstić information content (AvgIpc) is 3.40. The van der Waals surface area contributed by atoms with Crippen LogP contribution in [0.15, 0.2) is 60.7 Å². The fraction of sp³-hybridized carbons (Fsp3) is 0.227. The number of aromatic nitrogens is 1. The first-order valence-corrected chi connectivity index (χ1v) is 11.5. The fourth-order valence-corrected chi connectivity index (χ4v) is 5.13. The Morgan fingerprint density at radius 3 is 2.57 bits per heavy atom. The largest absolute Gasteiger partial charge is 0.445 e. The Morgan fingerprint density at radius 2 is 1.83 bits per heavy atom. The quantitative estimate of drug-likeness (QED) is 0.620. The molecule has 0 aliphatic carbocycles. The number of aryl methyl sites for hydroxylation is 1. The number of anilines is 1. The van der Waals surface area contributed by atoms with Crippen molar-refractivity contribution in [3.63, 3.8) is 0 Å². The van der Waals surface area contributed by atoms with Crippen LogP contribution in [0.25, 0.3) is 11.3 Å². The summed E-state index contributed by atoms with van der Waals surface area (Å²) in [6.07, 6.45) is -0.482. The number of nitrogens with one attached hydrogen (secondary N) is 1. The number of hydrogen-bond donors (Lipinski definition) is 1. The zero-order chi connectivity index (χ0) is 20.9. The van der Waals surface area contributed by atoms with Crippen LogP contribution in [0.1, 0.15) is 10.4 Å². The molecule has 4 rings (SSSR count). The smallest absolute Gasteiger partial charge is 0.411 e. The molecule has 0 saturated carbocycles. The Bertz CT molecular complexity index is 1020. The van der Waals surface area contributed by atoms with Gasteiger partial charge < -0.3 is 10.1 Å². The van der Waals surface area contributed by atoms with Gasteiger partial charge in [0.25, 0.3) is 0 Å². The monoisotopic (exact) mass is 439 g/mol. The summed E-state index contributed by atoms with van der Waals surface area (Å²) < 4.78 is 5.40. The van der Waals surface area contributed by atoms with Crippen molar-refractivity contribution in [2.75, 3.05) is 16.9 Å². The maximum atomic E-state index is 12.9. The highest BCUT2D eigenvalue weighted by atomic mass is 32.2. The number of thiazole rings is 1. The van der Waals surface area contributed by atoms with E-state index >= 15 is 0 Å². The minimum atomic E-state index is -0.581. The lowest BCUT2D eigenvalue weighted by Gasteiger charge is -2.22. The number of rotatable bonds is 5. The molecule has 0 unspecified atom stereocenters. The highest BCUT2D eigenvalue weighted by Gasteiger charge is 2.36. The van der Waals surface area contributed by atoms with E-state index in [2.05, 4.69) is 10.3 Å². The Hall–Kier alpha value is -2.84. The molecule has 3 aromatic rings. The topological polar surface area (TPSA) is 71.5 Å². The van der Waals surface area contributed by atoms with E-state index in [9.17, 15) is 9.59 Å². The van der Waals surface area contributed by atoms with E-state index in [1.165, 1.54) is 28.0 Å². The number of carbonyl (C=O) groups is 2. The van der Waals surface area contributed by atoms with E-state index in [0.29, 0.717) is 16.8 Å². The molecule has 6 nitrogen and oxygen atoms in total. The Balaban J connectivity index is 1.40. The highest BCUT2D eigenvalue weighted by Crippen LogP contribution is 2.31. The van der Waals surface area contributed by atoms with Gasteiger partial charge in [-0.05, 0) is 12.5 Å². The summed E-state index contributed by atoms with van der Waals surface area (Å²) in [4.78, 5) is 32.5. The Kier molecular flexibility index (Phi) is 6.35. The van der Waals surface area contributed by atoms with Gasteiger partial charge in [0.2, 0.25) is 5.91 Å². The average molecular weight is 440 g/mol. The lowest BCUT2D eigenvalue weighted by Crippen LogP contribution is -2.44. The van der Waals surface area contributed by atoms with Crippen molar-refractivity contribution in [2.24, 2.45) is 0 Å². The van der Waals surface area contributed by atoms with Gasteiger partial charge in [-0.2, -0.15) is 0 Å². The zero-order valence-electron chi connectivity index (χ0n) is 16.4. The van der Waals surface area contributed by atoms with Crippen molar-refractivity contribution in [1.29, 1.82) is 0 Å². The number of nitrogens with zero attached hydrogens (tertiary/aromatic N) is 2. The number of benzene rings is 2. The number of amides is 2. The number of hydrogen-bond acceptors (Lipinski definition) is 6. The van der Waals surface area contributed by atoms with Crippen LogP contribution < -0.4 is 5.32 Å². The summed E-state index contributed by atoms with van der Waals surface area (Å²) in [6, 6.07) is 18.8. The fourth-order valence-electron chi connectivity index (χ4n) is 3.14. The Morgan fingerprint density at radius 1 is 1.13 bits per heavy atom. The van der Waals surface area contributed by atoms with Crippen LogP contribution in [-0.4, -0.2) is 39.6 Å². The molecule has 0 spiro atoms. The molecule has 1 aromatic heterocycles. The van der Waals surface area contributed by atoms with Gasteiger partial charge in [-0.25, -0.2) is 9.78 Å². The third-order valence-corrected chi connectivity index (χ3v) is 6.60. The number of ether oxygens (including phenoxy) is 1. The van der Waals surface area contributed by atoms with E-state index in [1.807, 2.05) is 67.6 Å². The van der Waals surface area contributed by atoms with Gasteiger partial charge in [-0.3, -0.25) is 9.69 Å². The van der Waals surface area contributed by atoms with Crippen LogP contribution in [-0.2, 0) is 16.1 Å². The molecule has 1 aliphatic rings. The normalized spacial score (nSPS) is 15.8. The molecule has 0 bridgehead atoms. The summed E-state index contributed by atoms with van der Waals surface area (Å²) in [6.45, 7) is 2.16. The van der Waals surface area contributed by atoms with Crippen LogP contribution in [0, 0.1) is 6.92 Å². The van der Waals surface area contributed by atoms with E-state index in [4.69, 9.17) is 4.74 Å². The molecular formula is C22H21N3O3S2. The lowest BCUT2D eigenvalue weighted by atomic mass is 10.1. The van der Waals surface area contributed by atoms with Gasteiger partial charge in [0, 0.05) is 16.2 Å². The van der Waals surface area contributed by atoms with Crippen molar-refractivity contribution < 1.29 is 14.3 Å². The summed E-state index contributed by atoms with van der Waals surface area (Å²) in [7, 11) is 0. The molecule has 1 atom stereocenters. The van der Waals surface area contributed by atoms with Crippen molar-refractivity contribution in [3.05, 3.63) is 71.1 Å². The van der Waals surface area contributed by atoms with Crippen LogP contribution in [0.2, 0.25) is 0 Å². The van der Waals surface area contributed by atoms with E-state index in [1.54, 1.807) is 0 Å². The summed E-state index contributed by atoms with van der Waals surface area (Å²) in [5, 5.41) is 3.41. The predicted octanol–water partition coefficient (Wildman–Crippen LogP) is 4.77. The first kappa shape index (κ1) is 20.4. The van der Waals surface area contributed by atoms with Crippen LogP contribution in [0.5, 0.6) is 0 Å². The standard InChI is InChI=1S/C22H21N3O3S2/c1-15-19(17-10-6-3-7-11-17)23-21(30-15)24-20(26)18-13-29-14-25(18)22(27)28-12-16-8-4-2-5-9-16/h2-11,18H,12-14H2,1H3,(H,23,24,26)/t18-/m1/s1. The lowest BCUT2D eigenvalue weighted by molar-refractivity contribution is -0.119. The zero-order valence-corrected chi connectivity index (χ0v) is 18.0. The number of carbonyl (C=O) groups excluding carboxylic acids is 2. The van der Waals surface area contributed by atoms with Gasteiger partial charge >= 0.3 is 6.09 Å². The molecule has 1 N–H and O–H groups in total. The first-order chi connectivity index (χ1) is 14.6. The van der Waals surface area contributed by atoms with Crippen molar-refractivity contribution >= 4 is 40.2 Å².